The molecule has 26 heavy (non-hydrogen) atoms. The number of non-ortho nitro benzene ring substituents is 1. The quantitative estimate of drug-likeness (QED) is 0.331. The van der Waals surface area contributed by atoms with Gasteiger partial charge in [0.25, 0.3) is 5.69 Å². The summed E-state index contributed by atoms with van der Waals surface area (Å²) in [5.74, 6) is -1.52. The molecule has 0 bridgehead atoms. The summed E-state index contributed by atoms with van der Waals surface area (Å²) in [7, 11) is 0. The van der Waals surface area contributed by atoms with E-state index >= 15 is 0 Å². The lowest BCUT2D eigenvalue weighted by molar-refractivity contribution is -0.384. The van der Waals surface area contributed by atoms with Crippen LogP contribution in [0.4, 0.5) is 5.69 Å². The molecule has 1 aromatic rings. The minimum absolute atomic E-state index is 0.0378. The lowest BCUT2D eigenvalue weighted by Crippen LogP contribution is -2.52. The van der Waals surface area contributed by atoms with Gasteiger partial charge in [0.05, 0.1) is 10.5 Å². The molecule has 2 rings (SSSR count). The third-order valence-electron chi connectivity index (χ3n) is 4.10. The van der Waals surface area contributed by atoms with Crippen LogP contribution in [0.2, 0.25) is 0 Å². The van der Waals surface area contributed by atoms with Crippen LogP contribution in [0.5, 0.6) is 0 Å². The first-order valence-corrected chi connectivity index (χ1v) is 8.50. The number of rotatable bonds is 4. The highest BCUT2D eigenvalue weighted by molar-refractivity contribution is 6.51. The van der Waals surface area contributed by atoms with Crippen LogP contribution in [0.1, 0.15) is 31.1 Å². The third kappa shape index (κ3) is 3.64. The molecule has 0 spiro atoms. The Labute approximate surface area is 159 Å². The molecule has 1 aliphatic rings. The maximum absolute atomic E-state index is 12.3. The van der Waals surface area contributed by atoms with Crippen molar-refractivity contribution >= 4 is 46.4 Å². The number of oxime groups is 1. The normalized spacial score (nSPS) is 24.5. The summed E-state index contributed by atoms with van der Waals surface area (Å²) in [6.45, 7) is 5.10. The molecule has 1 aromatic carbocycles. The van der Waals surface area contributed by atoms with Gasteiger partial charge in [-0.2, -0.15) is 0 Å². The standard InChI is InChI=1S/C17H16Cl2N2O5/c1-9(2)17(19)13(22)7-10(3)14(15(17)18)20-26-16(23)11-5-4-6-12(8-11)21(24)25/h4-9,15H,1-3H3/b20-14-. The number of ketones is 1. The summed E-state index contributed by atoms with van der Waals surface area (Å²) in [5.41, 5.74) is 0.304. The van der Waals surface area contributed by atoms with Crippen LogP contribution >= 0.6 is 23.2 Å². The fraction of sp³-hybridized carbons (Fsp3) is 0.353. The molecular weight excluding hydrogens is 383 g/mol. The lowest BCUT2D eigenvalue weighted by atomic mass is 9.79. The van der Waals surface area contributed by atoms with Gasteiger partial charge in [0.2, 0.25) is 0 Å². The number of hydrogen-bond acceptors (Lipinski definition) is 6. The van der Waals surface area contributed by atoms with Crippen LogP contribution in [0.25, 0.3) is 0 Å². The number of halogens is 2. The molecule has 138 valence electrons. The van der Waals surface area contributed by atoms with Crippen molar-refractivity contribution in [3.05, 3.63) is 51.6 Å². The first kappa shape index (κ1) is 20.1. The molecule has 0 N–H and O–H groups in total. The minimum atomic E-state index is -1.40. The van der Waals surface area contributed by atoms with Gasteiger partial charge in [0.15, 0.2) is 5.78 Å². The smallest absolute Gasteiger partial charge is 0.312 e. The first-order chi connectivity index (χ1) is 12.1. The number of hydrogen-bond donors (Lipinski definition) is 0. The van der Waals surface area contributed by atoms with Gasteiger partial charge in [0, 0.05) is 12.1 Å². The number of carbonyl (C=O) groups is 2. The van der Waals surface area contributed by atoms with Gasteiger partial charge in [-0.3, -0.25) is 14.9 Å². The molecular formula is C17H16Cl2N2O5. The maximum Gasteiger partial charge on any atom is 0.365 e. The Hall–Kier alpha value is -2.25. The van der Waals surface area contributed by atoms with Crippen LogP contribution in [0, 0.1) is 16.0 Å². The van der Waals surface area contributed by atoms with E-state index < -0.39 is 21.1 Å². The molecule has 0 fully saturated rings. The Morgan fingerprint density at radius 3 is 2.65 bits per heavy atom. The van der Waals surface area contributed by atoms with Gasteiger partial charge >= 0.3 is 5.97 Å². The van der Waals surface area contributed by atoms with Crippen molar-refractivity contribution in [2.45, 2.75) is 31.0 Å². The topological polar surface area (TPSA) is 98.9 Å². The molecule has 0 saturated carbocycles. The summed E-state index contributed by atoms with van der Waals surface area (Å²) < 4.78 is 0. The zero-order valence-electron chi connectivity index (χ0n) is 14.2. The Bertz CT molecular complexity index is 834. The number of alkyl halides is 2. The van der Waals surface area contributed by atoms with E-state index in [4.69, 9.17) is 28.0 Å². The van der Waals surface area contributed by atoms with Crippen molar-refractivity contribution in [3.8, 4) is 0 Å². The van der Waals surface area contributed by atoms with E-state index in [9.17, 15) is 19.7 Å². The molecule has 0 heterocycles. The molecule has 0 aromatic heterocycles. The molecule has 1 aliphatic carbocycles. The zero-order chi connectivity index (χ0) is 19.6. The molecule has 0 saturated heterocycles. The summed E-state index contributed by atoms with van der Waals surface area (Å²) in [4.78, 5) is 38.0. The average molecular weight is 399 g/mol. The predicted molar refractivity (Wildman–Crippen MR) is 97.8 cm³/mol. The van der Waals surface area contributed by atoms with Crippen LogP contribution in [0.3, 0.4) is 0 Å². The second kappa shape index (κ2) is 7.55. The highest BCUT2D eigenvalue weighted by atomic mass is 35.5. The van der Waals surface area contributed by atoms with Gasteiger partial charge in [-0.1, -0.05) is 25.1 Å². The van der Waals surface area contributed by atoms with E-state index in [1.165, 1.54) is 24.3 Å². The largest absolute Gasteiger partial charge is 0.365 e. The van der Waals surface area contributed by atoms with E-state index in [-0.39, 0.29) is 28.7 Å². The maximum atomic E-state index is 12.3. The third-order valence-corrected chi connectivity index (χ3v) is 5.60. The van der Waals surface area contributed by atoms with Crippen molar-refractivity contribution in [2.24, 2.45) is 11.1 Å². The van der Waals surface area contributed by atoms with Crippen LogP contribution < -0.4 is 0 Å². The first-order valence-electron chi connectivity index (χ1n) is 7.68. The van der Waals surface area contributed by atoms with E-state index in [0.29, 0.717) is 5.57 Å². The second-order valence-electron chi connectivity index (χ2n) is 6.14. The van der Waals surface area contributed by atoms with Crippen LogP contribution in [0.15, 0.2) is 41.1 Å². The van der Waals surface area contributed by atoms with Gasteiger partial charge in [-0.15, -0.1) is 23.2 Å². The molecule has 0 amide bonds. The average Bonchev–Trinajstić information content (AvgIpc) is 2.59. The highest BCUT2D eigenvalue weighted by Gasteiger charge is 2.50. The number of allylic oxidation sites excluding steroid dienone is 2. The molecule has 0 aliphatic heterocycles. The minimum Gasteiger partial charge on any atom is -0.312 e. The zero-order valence-corrected chi connectivity index (χ0v) is 15.7. The summed E-state index contributed by atoms with van der Waals surface area (Å²) in [6, 6.07) is 5.05. The highest BCUT2D eigenvalue weighted by Crippen LogP contribution is 2.39. The van der Waals surface area contributed by atoms with E-state index in [2.05, 4.69) is 5.16 Å². The molecule has 9 heteroatoms. The van der Waals surface area contributed by atoms with Crippen molar-refractivity contribution in [2.75, 3.05) is 0 Å². The Morgan fingerprint density at radius 2 is 2.08 bits per heavy atom. The molecule has 2 atom stereocenters. The van der Waals surface area contributed by atoms with Crippen molar-refractivity contribution in [1.82, 2.24) is 0 Å². The van der Waals surface area contributed by atoms with E-state index in [1.54, 1.807) is 20.8 Å². The monoisotopic (exact) mass is 398 g/mol. The summed E-state index contributed by atoms with van der Waals surface area (Å²) in [5, 5.41) is 13.6. The van der Waals surface area contributed by atoms with Gasteiger partial charge in [-0.05, 0) is 30.6 Å². The van der Waals surface area contributed by atoms with Crippen molar-refractivity contribution in [1.29, 1.82) is 0 Å². The molecule has 0 radical (unpaired) electrons. The number of nitro benzene ring substituents is 1. The van der Waals surface area contributed by atoms with E-state index in [1.807, 2.05) is 0 Å². The second-order valence-corrected chi connectivity index (χ2v) is 7.20. The Balaban J connectivity index is 2.30. The fourth-order valence-electron chi connectivity index (χ4n) is 2.49. The van der Waals surface area contributed by atoms with Crippen molar-refractivity contribution in [3.63, 3.8) is 0 Å². The summed E-state index contributed by atoms with van der Waals surface area (Å²) in [6.07, 6.45) is 1.31. The van der Waals surface area contributed by atoms with Gasteiger partial charge in [-0.25, -0.2) is 4.79 Å². The Kier molecular flexibility index (Phi) is 5.83. The van der Waals surface area contributed by atoms with E-state index in [0.717, 1.165) is 6.07 Å². The number of benzene rings is 1. The fourth-order valence-corrected chi connectivity index (χ4v) is 3.22. The van der Waals surface area contributed by atoms with Gasteiger partial charge in [0.1, 0.15) is 16.0 Å². The molecule has 2 unspecified atom stereocenters. The number of carbonyl (C=O) groups excluding carboxylic acids is 2. The van der Waals surface area contributed by atoms with Crippen LogP contribution in [-0.2, 0) is 9.63 Å². The number of nitro groups is 1. The van der Waals surface area contributed by atoms with Gasteiger partial charge < -0.3 is 4.84 Å². The van der Waals surface area contributed by atoms with Crippen LogP contribution in [-0.4, -0.2) is 32.6 Å². The lowest BCUT2D eigenvalue weighted by Gasteiger charge is -2.36. The molecule has 7 nitrogen and oxygen atoms in total. The Morgan fingerprint density at radius 1 is 1.42 bits per heavy atom. The van der Waals surface area contributed by atoms with Crippen molar-refractivity contribution < 1.29 is 19.3 Å². The SMILES string of the molecule is CC1=CC(=O)C(Cl)(C(C)C)C(Cl)/C1=N\OC(=O)c1cccc([N+](=O)[O-])c1. The summed E-state index contributed by atoms with van der Waals surface area (Å²) >= 11 is 12.8. The predicted octanol–water partition coefficient (Wildman–Crippen LogP) is 3.88. The number of nitrogens with zero attached hydrogens (tertiary/aromatic N) is 2.